The number of likely N-dealkylation sites (tertiary alicyclic amines) is 1. The lowest BCUT2D eigenvalue weighted by Crippen LogP contribution is -2.28. The highest BCUT2D eigenvalue weighted by Crippen LogP contribution is 2.29. The lowest BCUT2D eigenvalue weighted by atomic mass is 10.0. The standard InChI is InChI=1S/C14H21N/c1-2-15-12-8-4-7-11-14(15)13-9-5-3-6-10-13/h3,5-6,9-10,14H,2,4,7-8,11-12H2,1H3. The number of benzene rings is 1. The summed E-state index contributed by atoms with van der Waals surface area (Å²) in [4.78, 5) is 2.63. The molecule has 0 saturated carbocycles. The highest BCUT2D eigenvalue weighted by atomic mass is 15.1. The fourth-order valence-corrected chi connectivity index (χ4v) is 2.60. The summed E-state index contributed by atoms with van der Waals surface area (Å²) >= 11 is 0. The van der Waals surface area contributed by atoms with Crippen molar-refractivity contribution in [3.63, 3.8) is 0 Å². The second-order valence-electron chi connectivity index (χ2n) is 4.40. The summed E-state index contributed by atoms with van der Waals surface area (Å²) in [6.07, 6.45) is 5.49. The van der Waals surface area contributed by atoms with Crippen molar-refractivity contribution in [2.75, 3.05) is 13.1 Å². The van der Waals surface area contributed by atoms with Gasteiger partial charge in [-0.25, -0.2) is 0 Å². The Morgan fingerprint density at radius 3 is 2.67 bits per heavy atom. The van der Waals surface area contributed by atoms with E-state index in [1.807, 2.05) is 0 Å². The molecule has 0 spiro atoms. The molecule has 1 heteroatoms. The van der Waals surface area contributed by atoms with Gasteiger partial charge in [0.25, 0.3) is 0 Å². The molecule has 82 valence electrons. The van der Waals surface area contributed by atoms with Crippen molar-refractivity contribution in [2.45, 2.75) is 38.6 Å². The first-order valence-corrected chi connectivity index (χ1v) is 6.21. The molecular formula is C14H21N. The van der Waals surface area contributed by atoms with E-state index in [0.717, 1.165) is 0 Å². The van der Waals surface area contributed by atoms with Crippen molar-refractivity contribution in [3.8, 4) is 0 Å². The van der Waals surface area contributed by atoms with Gasteiger partial charge in [-0.1, -0.05) is 50.1 Å². The first-order chi connectivity index (χ1) is 7.42. The van der Waals surface area contributed by atoms with E-state index in [-0.39, 0.29) is 0 Å². The van der Waals surface area contributed by atoms with Gasteiger partial charge in [-0.05, 0) is 31.5 Å². The molecule has 1 aliphatic rings. The smallest absolute Gasteiger partial charge is 0.0348 e. The van der Waals surface area contributed by atoms with Crippen LogP contribution in [0.25, 0.3) is 0 Å². The lowest BCUT2D eigenvalue weighted by molar-refractivity contribution is 0.212. The number of nitrogens with zero attached hydrogens (tertiary/aromatic N) is 1. The van der Waals surface area contributed by atoms with E-state index < -0.39 is 0 Å². The Morgan fingerprint density at radius 1 is 1.13 bits per heavy atom. The Bertz CT molecular complexity index is 281. The van der Waals surface area contributed by atoms with Crippen LogP contribution < -0.4 is 0 Å². The Morgan fingerprint density at radius 2 is 1.93 bits per heavy atom. The molecular weight excluding hydrogens is 182 g/mol. The predicted molar refractivity (Wildman–Crippen MR) is 64.9 cm³/mol. The molecule has 0 radical (unpaired) electrons. The van der Waals surface area contributed by atoms with Crippen LogP contribution in [0.5, 0.6) is 0 Å². The molecule has 0 bridgehead atoms. The molecule has 1 aromatic carbocycles. The van der Waals surface area contributed by atoms with Crippen LogP contribution in [0.3, 0.4) is 0 Å². The van der Waals surface area contributed by atoms with Gasteiger partial charge < -0.3 is 0 Å². The van der Waals surface area contributed by atoms with E-state index in [1.54, 1.807) is 0 Å². The average Bonchev–Trinajstić information content (AvgIpc) is 2.55. The van der Waals surface area contributed by atoms with Gasteiger partial charge >= 0.3 is 0 Å². The minimum Gasteiger partial charge on any atom is -0.297 e. The molecule has 1 saturated heterocycles. The van der Waals surface area contributed by atoms with Gasteiger partial charge in [-0.15, -0.1) is 0 Å². The molecule has 0 amide bonds. The van der Waals surface area contributed by atoms with Crippen LogP contribution >= 0.6 is 0 Å². The summed E-state index contributed by atoms with van der Waals surface area (Å²) in [5.74, 6) is 0. The number of rotatable bonds is 2. The summed E-state index contributed by atoms with van der Waals surface area (Å²) in [7, 11) is 0. The van der Waals surface area contributed by atoms with Crippen LogP contribution in [0.2, 0.25) is 0 Å². The summed E-state index contributed by atoms with van der Waals surface area (Å²) < 4.78 is 0. The second-order valence-corrected chi connectivity index (χ2v) is 4.40. The molecule has 2 rings (SSSR count). The minimum absolute atomic E-state index is 0.665. The Balaban J connectivity index is 2.16. The molecule has 15 heavy (non-hydrogen) atoms. The summed E-state index contributed by atoms with van der Waals surface area (Å²) in [6.45, 7) is 4.73. The first kappa shape index (κ1) is 10.7. The third kappa shape index (κ3) is 2.60. The van der Waals surface area contributed by atoms with Crippen molar-refractivity contribution in [1.29, 1.82) is 0 Å². The minimum atomic E-state index is 0.665. The summed E-state index contributed by atoms with van der Waals surface area (Å²) in [6, 6.07) is 11.6. The zero-order valence-corrected chi connectivity index (χ0v) is 9.65. The van der Waals surface area contributed by atoms with Crippen LogP contribution in [0.15, 0.2) is 30.3 Å². The van der Waals surface area contributed by atoms with E-state index in [4.69, 9.17) is 0 Å². The van der Waals surface area contributed by atoms with Gasteiger partial charge in [0.05, 0.1) is 0 Å². The average molecular weight is 203 g/mol. The van der Waals surface area contributed by atoms with Crippen molar-refractivity contribution in [3.05, 3.63) is 35.9 Å². The van der Waals surface area contributed by atoms with Crippen molar-refractivity contribution in [2.24, 2.45) is 0 Å². The fourth-order valence-electron chi connectivity index (χ4n) is 2.60. The largest absolute Gasteiger partial charge is 0.297 e. The highest BCUT2D eigenvalue weighted by molar-refractivity contribution is 5.19. The van der Waals surface area contributed by atoms with Gasteiger partial charge in [0.1, 0.15) is 0 Å². The fraction of sp³-hybridized carbons (Fsp3) is 0.571. The molecule has 1 nitrogen and oxygen atoms in total. The van der Waals surface area contributed by atoms with E-state index in [0.29, 0.717) is 6.04 Å². The molecule has 1 atom stereocenters. The van der Waals surface area contributed by atoms with E-state index in [2.05, 4.69) is 42.2 Å². The quantitative estimate of drug-likeness (QED) is 0.709. The molecule has 1 unspecified atom stereocenters. The predicted octanol–water partition coefficient (Wildman–Crippen LogP) is 3.62. The van der Waals surface area contributed by atoms with Crippen LogP contribution in [0.1, 0.15) is 44.2 Å². The first-order valence-electron chi connectivity index (χ1n) is 6.21. The van der Waals surface area contributed by atoms with Crippen LogP contribution in [-0.2, 0) is 0 Å². The van der Waals surface area contributed by atoms with Crippen LogP contribution in [0, 0.1) is 0 Å². The summed E-state index contributed by atoms with van der Waals surface area (Å²) in [5, 5.41) is 0. The maximum absolute atomic E-state index is 2.63. The molecule has 1 aliphatic heterocycles. The number of hydrogen-bond acceptors (Lipinski definition) is 1. The molecule has 1 aromatic rings. The van der Waals surface area contributed by atoms with Crippen molar-refractivity contribution in [1.82, 2.24) is 4.90 Å². The zero-order valence-electron chi connectivity index (χ0n) is 9.65. The second kappa shape index (κ2) is 5.32. The third-order valence-electron chi connectivity index (χ3n) is 3.45. The van der Waals surface area contributed by atoms with Gasteiger partial charge in [-0.2, -0.15) is 0 Å². The zero-order chi connectivity index (χ0) is 10.5. The van der Waals surface area contributed by atoms with E-state index in [9.17, 15) is 0 Å². The number of hydrogen-bond donors (Lipinski definition) is 0. The van der Waals surface area contributed by atoms with Crippen molar-refractivity contribution >= 4 is 0 Å². The monoisotopic (exact) mass is 203 g/mol. The maximum atomic E-state index is 2.63. The van der Waals surface area contributed by atoms with Crippen molar-refractivity contribution < 1.29 is 0 Å². The topological polar surface area (TPSA) is 3.24 Å². The van der Waals surface area contributed by atoms with Gasteiger partial charge in [-0.3, -0.25) is 4.90 Å². The Kier molecular flexibility index (Phi) is 3.79. The lowest BCUT2D eigenvalue weighted by Gasteiger charge is -2.29. The van der Waals surface area contributed by atoms with Crippen LogP contribution in [0.4, 0.5) is 0 Å². The molecule has 0 aliphatic carbocycles. The van der Waals surface area contributed by atoms with Gasteiger partial charge in [0, 0.05) is 6.04 Å². The molecule has 1 fully saturated rings. The van der Waals surface area contributed by atoms with E-state index in [1.165, 1.54) is 44.3 Å². The van der Waals surface area contributed by atoms with Crippen LogP contribution in [-0.4, -0.2) is 18.0 Å². The molecule has 0 aromatic heterocycles. The highest BCUT2D eigenvalue weighted by Gasteiger charge is 2.20. The van der Waals surface area contributed by atoms with E-state index >= 15 is 0 Å². The molecule has 1 heterocycles. The Labute approximate surface area is 93.1 Å². The van der Waals surface area contributed by atoms with Gasteiger partial charge in [0.15, 0.2) is 0 Å². The summed E-state index contributed by atoms with van der Waals surface area (Å²) in [5.41, 5.74) is 1.50. The normalized spacial score (nSPS) is 23.7. The molecule has 0 N–H and O–H groups in total. The SMILES string of the molecule is CCN1CCCCCC1c1ccccc1. The Hall–Kier alpha value is -0.820. The maximum Gasteiger partial charge on any atom is 0.0348 e. The third-order valence-corrected chi connectivity index (χ3v) is 3.45. The van der Waals surface area contributed by atoms with Gasteiger partial charge in [0.2, 0.25) is 0 Å².